The van der Waals surface area contributed by atoms with Gasteiger partial charge in [-0.1, -0.05) is 58.3 Å². The highest BCUT2D eigenvalue weighted by atomic mass is 35.5. The van der Waals surface area contributed by atoms with Gasteiger partial charge in [0.05, 0.1) is 18.6 Å². The molecule has 1 rings (SSSR count). The first-order valence-electron chi connectivity index (χ1n) is 7.69. The van der Waals surface area contributed by atoms with Crippen molar-refractivity contribution in [1.29, 1.82) is 0 Å². The molecule has 3 heteroatoms. The van der Waals surface area contributed by atoms with E-state index in [0.717, 1.165) is 6.42 Å². The average Bonchev–Trinajstić information content (AvgIpc) is 2.85. The topological polar surface area (TPSA) is 18.5 Å². The van der Waals surface area contributed by atoms with E-state index in [1.54, 1.807) is 0 Å². The zero-order chi connectivity index (χ0) is 13.1. The Balaban J connectivity index is 1.79. The first kappa shape index (κ1) is 16.3. The molecular formula is C15H29ClO2. The fourth-order valence-electron chi connectivity index (χ4n) is 2.36. The van der Waals surface area contributed by atoms with Crippen LogP contribution in [0.2, 0.25) is 0 Å². The monoisotopic (exact) mass is 276 g/mol. The van der Waals surface area contributed by atoms with Crippen LogP contribution in [0.5, 0.6) is 0 Å². The molecule has 2 atom stereocenters. The van der Waals surface area contributed by atoms with Crippen molar-refractivity contribution < 1.29 is 9.47 Å². The Kier molecular flexibility index (Phi) is 10.0. The molecule has 18 heavy (non-hydrogen) atoms. The lowest BCUT2D eigenvalue weighted by molar-refractivity contribution is -0.0599. The molecule has 0 N–H and O–H groups in total. The largest absolute Gasteiger partial charge is 0.350 e. The van der Waals surface area contributed by atoms with Gasteiger partial charge in [-0.05, 0) is 12.8 Å². The summed E-state index contributed by atoms with van der Waals surface area (Å²) in [4.78, 5) is 0. The van der Waals surface area contributed by atoms with Crippen molar-refractivity contribution in [1.82, 2.24) is 0 Å². The Morgan fingerprint density at radius 1 is 0.944 bits per heavy atom. The molecule has 2 nitrogen and oxygen atoms in total. The summed E-state index contributed by atoms with van der Waals surface area (Å²) in [6.45, 7) is 2.94. The molecule has 0 spiro atoms. The van der Waals surface area contributed by atoms with Crippen molar-refractivity contribution in [2.24, 2.45) is 0 Å². The third kappa shape index (κ3) is 7.60. The van der Waals surface area contributed by atoms with Gasteiger partial charge in [-0.25, -0.2) is 0 Å². The second-order valence-corrected chi connectivity index (χ2v) is 5.60. The molecular weight excluding hydrogens is 248 g/mol. The molecule has 108 valence electrons. The average molecular weight is 277 g/mol. The van der Waals surface area contributed by atoms with Gasteiger partial charge in [-0.3, -0.25) is 0 Å². The number of halogens is 1. The highest BCUT2D eigenvalue weighted by Gasteiger charge is 2.24. The minimum atomic E-state index is 0.0123. The predicted molar refractivity (Wildman–Crippen MR) is 77.2 cm³/mol. The maximum atomic E-state index is 5.72. The number of unbranched alkanes of at least 4 members (excludes halogenated alkanes) is 8. The molecule has 0 amide bonds. The van der Waals surface area contributed by atoms with E-state index in [1.165, 1.54) is 57.8 Å². The third-order valence-electron chi connectivity index (χ3n) is 3.53. The second-order valence-electron chi connectivity index (χ2n) is 5.29. The molecule has 0 aromatic carbocycles. The van der Waals surface area contributed by atoms with Crippen LogP contribution in [0.15, 0.2) is 0 Å². The Hall–Kier alpha value is 0.210. The summed E-state index contributed by atoms with van der Waals surface area (Å²) >= 11 is 5.72. The standard InChI is InChI=1S/C15H29ClO2/c1-2-3-4-5-6-7-8-9-10-11-15-17-13-14(12-16)18-15/h14-15H,2-13H2,1H3/t14-,15-/m0/s1. The summed E-state index contributed by atoms with van der Waals surface area (Å²) in [5.74, 6) is 0.550. The lowest BCUT2D eigenvalue weighted by Gasteiger charge is -2.09. The van der Waals surface area contributed by atoms with E-state index in [2.05, 4.69) is 6.92 Å². The van der Waals surface area contributed by atoms with Crippen molar-refractivity contribution in [2.75, 3.05) is 12.5 Å². The quantitative estimate of drug-likeness (QED) is 0.395. The summed E-state index contributed by atoms with van der Waals surface area (Å²) in [5, 5.41) is 0. The van der Waals surface area contributed by atoms with E-state index in [9.17, 15) is 0 Å². The van der Waals surface area contributed by atoms with Crippen LogP contribution in [-0.2, 0) is 9.47 Å². The predicted octanol–water partition coefficient (Wildman–Crippen LogP) is 4.89. The first-order valence-corrected chi connectivity index (χ1v) is 8.23. The number of hydrogen-bond acceptors (Lipinski definition) is 2. The van der Waals surface area contributed by atoms with Crippen LogP contribution in [0.1, 0.15) is 71.1 Å². The fourth-order valence-corrected chi connectivity index (χ4v) is 2.52. The number of rotatable bonds is 11. The van der Waals surface area contributed by atoms with E-state index < -0.39 is 0 Å². The fraction of sp³-hybridized carbons (Fsp3) is 1.00. The Labute approximate surface area is 117 Å². The van der Waals surface area contributed by atoms with Gasteiger partial charge in [0.2, 0.25) is 0 Å². The van der Waals surface area contributed by atoms with Gasteiger partial charge < -0.3 is 9.47 Å². The lowest BCUT2D eigenvalue weighted by atomic mass is 10.1. The molecule has 1 heterocycles. The van der Waals surface area contributed by atoms with Gasteiger partial charge in [-0.2, -0.15) is 0 Å². The molecule has 0 radical (unpaired) electrons. The number of ether oxygens (including phenoxy) is 2. The summed E-state index contributed by atoms with van der Waals surface area (Å²) in [5.41, 5.74) is 0. The molecule has 0 saturated carbocycles. The normalized spacial score (nSPS) is 23.7. The van der Waals surface area contributed by atoms with Crippen LogP contribution in [0.4, 0.5) is 0 Å². The van der Waals surface area contributed by atoms with Crippen LogP contribution in [0.25, 0.3) is 0 Å². The molecule has 1 aliphatic rings. The van der Waals surface area contributed by atoms with Crippen LogP contribution in [0.3, 0.4) is 0 Å². The van der Waals surface area contributed by atoms with Crippen LogP contribution in [0, 0.1) is 0 Å². The minimum absolute atomic E-state index is 0.0123. The summed E-state index contributed by atoms with van der Waals surface area (Å²) in [6, 6.07) is 0. The molecule has 1 aliphatic heterocycles. The SMILES string of the molecule is CCCCCCCCCCC[C@H]1OC[C@H](CCl)O1. The van der Waals surface area contributed by atoms with E-state index >= 15 is 0 Å². The van der Waals surface area contributed by atoms with Crippen molar-refractivity contribution in [2.45, 2.75) is 83.5 Å². The summed E-state index contributed by atoms with van der Waals surface area (Å²) in [7, 11) is 0. The van der Waals surface area contributed by atoms with Crippen LogP contribution >= 0.6 is 11.6 Å². The van der Waals surface area contributed by atoms with E-state index in [-0.39, 0.29) is 12.4 Å². The lowest BCUT2D eigenvalue weighted by Crippen LogP contribution is -2.13. The van der Waals surface area contributed by atoms with E-state index in [4.69, 9.17) is 21.1 Å². The van der Waals surface area contributed by atoms with E-state index in [1.807, 2.05) is 0 Å². The minimum Gasteiger partial charge on any atom is -0.350 e. The van der Waals surface area contributed by atoms with Crippen LogP contribution < -0.4 is 0 Å². The van der Waals surface area contributed by atoms with Crippen molar-refractivity contribution in [3.05, 3.63) is 0 Å². The van der Waals surface area contributed by atoms with Crippen molar-refractivity contribution in [3.8, 4) is 0 Å². The molecule has 0 bridgehead atoms. The van der Waals surface area contributed by atoms with Gasteiger partial charge in [-0.15, -0.1) is 11.6 Å². The van der Waals surface area contributed by atoms with Gasteiger partial charge in [0.15, 0.2) is 6.29 Å². The molecule has 0 aliphatic carbocycles. The summed E-state index contributed by atoms with van der Waals surface area (Å²) < 4.78 is 11.2. The van der Waals surface area contributed by atoms with Gasteiger partial charge >= 0.3 is 0 Å². The summed E-state index contributed by atoms with van der Waals surface area (Å²) in [6.07, 6.45) is 13.4. The molecule has 0 aromatic heterocycles. The van der Waals surface area contributed by atoms with Gasteiger partial charge in [0.25, 0.3) is 0 Å². The highest BCUT2D eigenvalue weighted by Crippen LogP contribution is 2.19. The first-order chi connectivity index (χ1) is 8.86. The van der Waals surface area contributed by atoms with Gasteiger partial charge in [0.1, 0.15) is 0 Å². The van der Waals surface area contributed by atoms with Crippen LogP contribution in [-0.4, -0.2) is 24.9 Å². The van der Waals surface area contributed by atoms with Crippen molar-refractivity contribution >= 4 is 11.6 Å². The zero-order valence-corrected chi connectivity index (χ0v) is 12.6. The Morgan fingerprint density at radius 2 is 1.56 bits per heavy atom. The third-order valence-corrected chi connectivity index (χ3v) is 3.87. The second kappa shape index (κ2) is 11.1. The zero-order valence-electron chi connectivity index (χ0n) is 11.8. The number of alkyl halides is 1. The maximum Gasteiger partial charge on any atom is 0.158 e. The molecule has 1 fully saturated rings. The smallest absolute Gasteiger partial charge is 0.158 e. The molecule has 1 saturated heterocycles. The Morgan fingerprint density at radius 3 is 2.11 bits per heavy atom. The van der Waals surface area contributed by atoms with E-state index in [0.29, 0.717) is 12.5 Å². The molecule has 0 unspecified atom stereocenters. The van der Waals surface area contributed by atoms with Gasteiger partial charge in [0, 0.05) is 0 Å². The Bertz CT molecular complexity index is 187. The maximum absolute atomic E-state index is 5.72. The van der Waals surface area contributed by atoms with Crippen molar-refractivity contribution in [3.63, 3.8) is 0 Å². The molecule has 0 aromatic rings. The highest BCUT2D eigenvalue weighted by molar-refractivity contribution is 6.18. The number of hydrogen-bond donors (Lipinski definition) is 0.